The number of hydrogen-bond donors (Lipinski definition) is 1. The van der Waals surface area contributed by atoms with Crippen molar-refractivity contribution in [3.63, 3.8) is 0 Å². The molecule has 0 bridgehead atoms. The molecule has 0 aliphatic carbocycles. The van der Waals surface area contributed by atoms with Crippen LogP contribution >= 0.6 is 0 Å². The van der Waals surface area contributed by atoms with Crippen LogP contribution in [0.4, 0.5) is 0 Å². The molecule has 0 spiro atoms. The highest BCUT2D eigenvalue weighted by atomic mass is 15.3. The Labute approximate surface area is 119 Å². The van der Waals surface area contributed by atoms with E-state index < -0.39 is 0 Å². The van der Waals surface area contributed by atoms with E-state index in [0.29, 0.717) is 0 Å². The van der Waals surface area contributed by atoms with Crippen molar-refractivity contribution in [2.45, 2.75) is 51.7 Å². The van der Waals surface area contributed by atoms with Crippen LogP contribution in [0.25, 0.3) is 0 Å². The Hall–Kier alpha value is -1.69. The minimum absolute atomic E-state index is 0.186. The van der Waals surface area contributed by atoms with E-state index in [4.69, 9.17) is 0 Å². The maximum atomic E-state index is 4.39. The van der Waals surface area contributed by atoms with Gasteiger partial charge in [-0.05, 0) is 19.8 Å². The highest BCUT2D eigenvalue weighted by molar-refractivity contribution is 5.02. The third-order valence-electron chi connectivity index (χ3n) is 4.01. The molecule has 1 N–H and O–H groups in total. The minimum Gasteiger partial charge on any atom is -0.337 e. The van der Waals surface area contributed by atoms with Gasteiger partial charge in [0.05, 0.1) is 12.6 Å². The van der Waals surface area contributed by atoms with Crippen LogP contribution in [0.3, 0.4) is 0 Å². The fourth-order valence-corrected chi connectivity index (χ4v) is 2.73. The number of imidazole rings is 1. The third-order valence-corrected chi connectivity index (χ3v) is 4.01. The van der Waals surface area contributed by atoms with Crippen molar-refractivity contribution in [2.75, 3.05) is 0 Å². The maximum Gasteiger partial charge on any atom is 0.149 e. The molecular weight excluding hydrogens is 252 g/mol. The Kier molecular flexibility index (Phi) is 3.82. The molecule has 3 rings (SSSR count). The highest BCUT2D eigenvalue weighted by Gasteiger charge is 2.19. The van der Waals surface area contributed by atoms with Crippen LogP contribution in [0.5, 0.6) is 0 Å². The molecule has 6 heteroatoms. The molecule has 0 saturated carbocycles. The minimum atomic E-state index is 0.186. The first kappa shape index (κ1) is 13.3. The Balaban J connectivity index is 1.69. The number of nitrogens with one attached hydrogen (secondary N) is 1. The number of rotatable bonds is 4. The predicted octanol–water partition coefficient (Wildman–Crippen LogP) is 1.59. The second kappa shape index (κ2) is 5.75. The molecule has 0 amide bonds. The van der Waals surface area contributed by atoms with Crippen molar-refractivity contribution in [3.05, 3.63) is 29.9 Å². The van der Waals surface area contributed by atoms with E-state index in [9.17, 15) is 0 Å². The highest BCUT2D eigenvalue weighted by Crippen LogP contribution is 2.18. The van der Waals surface area contributed by atoms with E-state index in [-0.39, 0.29) is 6.04 Å². The molecular formula is C14H22N6. The van der Waals surface area contributed by atoms with Gasteiger partial charge in [-0.25, -0.2) is 4.98 Å². The third kappa shape index (κ3) is 2.60. The van der Waals surface area contributed by atoms with Crippen molar-refractivity contribution in [2.24, 2.45) is 7.05 Å². The van der Waals surface area contributed by atoms with Gasteiger partial charge in [-0.3, -0.25) is 0 Å². The first-order valence-electron chi connectivity index (χ1n) is 7.37. The van der Waals surface area contributed by atoms with Gasteiger partial charge in [0.15, 0.2) is 0 Å². The Morgan fingerprint density at radius 2 is 2.20 bits per heavy atom. The number of fused-ring (bicyclic) bond motifs is 1. The first-order valence-corrected chi connectivity index (χ1v) is 7.37. The molecule has 2 aromatic rings. The van der Waals surface area contributed by atoms with Gasteiger partial charge in [0.25, 0.3) is 0 Å². The fourth-order valence-electron chi connectivity index (χ4n) is 2.73. The van der Waals surface area contributed by atoms with Gasteiger partial charge >= 0.3 is 0 Å². The van der Waals surface area contributed by atoms with Gasteiger partial charge in [0.1, 0.15) is 17.5 Å². The van der Waals surface area contributed by atoms with Crippen molar-refractivity contribution >= 4 is 0 Å². The predicted molar refractivity (Wildman–Crippen MR) is 76.0 cm³/mol. The lowest BCUT2D eigenvalue weighted by Gasteiger charge is -2.15. The van der Waals surface area contributed by atoms with Crippen molar-refractivity contribution in [1.82, 2.24) is 29.6 Å². The second-order valence-electron chi connectivity index (χ2n) is 5.49. The summed E-state index contributed by atoms with van der Waals surface area (Å²) in [5, 5.41) is 12.2. The van der Waals surface area contributed by atoms with Gasteiger partial charge in [-0.2, -0.15) is 0 Å². The summed E-state index contributed by atoms with van der Waals surface area (Å²) in [5.74, 6) is 3.23. The van der Waals surface area contributed by atoms with Crippen LogP contribution in [0.15, 0.2) is 12.4 Å². The van der Waals surface area contributed by atoms with Crippen LogP contribution < -0.4 is 5.32 Å². The summed E-state index contributed by atoms with van der Waals surface area (Å²) in [6.07, 6.45) is 8.59. The molecule has 1 aliphatic rings. The summed E-state index contributed by atoms with van der Waals surface area (Å²) in [5.41, 5.74) is 0. The average molecular weight is 274 g/mol. The summed E-state index contributed by atoms with van der Waals surface area (Å²) < 4.78 is 4.33. The van der Waals surface area contributed by atoms with Gasteiger partial charge in [0.2, 0.25) is 0 Å². The van der Waals surface area contributed by atoms with E-state index in [2.05, 4.69) is 32.0 Å². The van der Waals surface area contributed by atoms with Crippen molar-refractivity contribution < 1.29 is 0 Å². The van der Waals surface area contributed by atoms with Crippen molar-refractivity contribution in [1.29, 1.82) is 0 Å². The van der Waals surface area contributed by atoms with E-state index in [1.54, 1.807) is 0 Å². The molecule has 6 nitrogen and oxygen atoms in total. The lowest BCUT2D eigenvalue weighted by atomic mass is 10.2. The van der Waals surface area contributed by atoms with Crippen LogP contribution in [0.2, 0.25) is 0 Å². The standard InChI is InChI=1S/C14H22N6/c1-11(16-10-13-15-7-9-19(13)2)14-18-17-12-6-4-3-5-8-20(12)14/h7,9,11,16H,3-6,8,10H2,1-2H3. The zero-order chi connectivity index (χ0) is 13.9. The topological polar surface area (TPSA) is 60.6 Å². The zero-order valence-corrected chi connectivity index (χ0v) is 12.2. The lowest BCUT2D eigenvalue weighted by molar-refractivity contribution is 0.490. The molecule has 0 saturated heterocycles. The van der Waals surface area contributed by atoms with E-state index in [0.717, 1.165) is 37.0 Å². The Bertz CT molecular complexity index is 570. The van der Waals surface area contributed by atoms with Crippen molar-refractivity contribution in [3.8, 4) is 0 Å². The van der Waals surface area contributed by atoms with Gasteiger partial charge in [-0.15, -0.1) is 10.2 Å². The summed E-state index contributed by atoms with van der Waals surface area (Å²) in [4.78, 5) is 4.33. The van der Waals surface area contributed by atoms with Gasteiger partial charge < -0.3 is 14.5 Å². The van der Waals surface area contributed by atoms with E-state index in [1.165, 1.54) is 19.3 Å². The molecule has 2 aromatic heterocycles. The van der Waals surface area contributed by atoms with Crippen LogP contribution in [-0.4, -0.2) is 24.3 Å². The number of aromatic nitrogens is 5. The number of aryl methyl sites for hydroxylation is 2. The lowest BCUT2D eigenvalue weighted by Crippen LogP contribution is -2.23. The molecule has 1 unspecified atom stereocenters. The molecule has 20 heavy (non-hydrogen) atoms. The maximum absolute atomic E-state index is 4.39. The monoisotopic (exact) mass is 274 g/mol. The average Bonchev–Trinajstić information content (AvgIpc) is 2.96. The first-order chi connectivity index (χ1) is 9.75. The smallest absolute Gasteiger partial charge is 0.149 e. The second-order valence-corrected chi connectivity index (χ2v) is 5.49. The van der Waals surface area contributed by atoms with E-state index in [1.807, 2.05) is 24.0 Å². The summed E-state index contributed by atoms with van der Waals surface area (Å²) in [6, 6.07) is 0.186. The molecule has 0 radical (unpaired) electrons. The zero-order valence-electron chi connectivity index (χ0n) is 12.2. The van der Waals surface area contributed by atoms with Crippen LogP contribution in [0, 0.1) is 0 Å². The molecule has 108 valence electrons. The SMILES string of the molecule is CC(NCc1nccn1C)c1nnc2n1CCCCC2. The Morgan fingerprint density at radius 3 is 3.00 bits per heavy atom. The Morgan fingerprint density at radius 1 is 1.30 bits per heavy atom. The van der Waals surface area contributed by atoms with Crippen LogP contribution in [0.1, 0.15) is 49.7 Å². The molecule has 3 heterocycles. The molecule has 0 aromatic carbocycles. The molecule has 0 fully saturated rings. The normalized spacial score (nSPS) is 16.7. The van der Waals surface area contributed by atoms with Gasteiger partial charge in [-0.1, -0.05) is 6.42 Å². The number of nitrogens with zero attached hydrogens (tertiary/aromatic N) is 5. The number of hydrogen-bond acceptors (Lipinski definition) is 4. The fraction of sp³-hybridized carbons (Fsp3) is 0.643. The van der Waals surface area contributed by atoms with E-state index >= 15 is 0 Å². The summed E-state index contributed by atoms with van der Waals surface area (Å²) in [7, 11) is 2.01. The molecule has 1 atom stereocenters. The summed E-state index contributed by atoms with van der Waals surface area (Å²) >= 11 is 0. The van der Waals surface area contributed by atoms with Gasteiger partial charge in [0, 0.05) is 32.4 Å². The quantitative estimate of drug-likeness (QED) is 0.919. The molecule has 1 aliphatic heterocycles. The van der Waals surface area contributed by atoms with Crippen LogP contribution in [-0.2, 0) is 26.6 Å². The summed E-state index contributed by atoms with van der Waals surface area (Å²) in [6.45, 7) is 3.93. The largest absolute Gasteiger partial charge is 0.337 e.